The minimum absolute atomic E-state index is 0. The summed E-state index contributed by atoms with van der Waals surface area (Å²) in [6.45, 7) is 3.06. The molecule has 2 N–H and O–H groups in total. The zero-order valence-corrected chi connectivity index (χ0v) is 8.44. The molecule has 0 atom stereocenters. The van der Waals surface area contributed by atoms with Crippen LogP contribution in [0.1, 0.15) is 13.8 Å². The third-order valence-corrected chi connectivity index (χ3v) is 0. The van der Waals surface area contributed by atoms with E-state index in [1.165, 1.54) is 13.8 Å². The largest absolute Gasteiger partial charge is 0.300 e. The predicted octanol–water partition coefficient (Wildman–Crippen LogP) is -0.104. The van der Waals surface area contributed by atoms with Gasteiger partial charge in [-0.3, -0.25) is 9.11 Å². The number of carbonyl (C=O) groups excluding carboxylic acids is 1. The smallest absolute Gasteiger partial charge is 0.299 e. The van der Waals surface area contributed by atoms with Crippen LogP contribution in [-0.4, -0.2) is 48.7 Å². The number of Topliss-reactive ketones (excluding diaryl/α,β-unsaturated/α-hetero) is 1. The Morgan fingerprint density at radius 3 is 1.33 bits per heavy atom. The molecular weight excluding hydrogens is 155 g/mol. The summed E-state index contributed by atoms with van der Waals surface area (Å²) in [5.41, 5.74) is 0. The second-order valence-electron chi connectivity index (χ2n) is 1.14. The van der Waals surface area contributed by atoms with E-state index in [4.69, 9.17) is 13.3 Å². The summed E-state index contributed by atoms with van der Waals surface area (Å²) in [4.78, 5) is 9.44. The van der Waals surface area contributed by atoms with Crippen LogP contribution in [0.25, 0.3) is 0 Å². The SMILES string of the molecule is CC(C)=O.O=S(O)O.[Na]. The third-order valence-electron chi connectivity index (χ3n) is 0. The molecule has 0 rings (SSSR count). The van der Waals surface area contributed by atoms with Gasteiger partial charge >= 0.3 is 0 Å². The van der Waals surface area contributed by atoms with Gasteiger partial charge in [-0.2, -0.15) is 4.21 Å². The Labute approximate surface area is 78.4 Å². The molecular formula is C3H8NaO4S. The third kappa shape index (κ3) is 725. The Hall–Kier alpha value is 0.740. The molecule has 0 aromatic heterocycles. The van der Waals surface area contributed by atoms with E-state index in [1.807, 2.05) is 0 Å². The molecule has 0 heterocycles. The topological polar surface area (TPSA) is 74.6 Å². The van der Waals surface area contributed by atoms with Gasteiger partial charge in [0.05, 0.1) is 0 Å². The number of hydrogen-bond acceptors (Lipinski definition) is 2. The maximum Gasteiger partial charge on any atom is 0.299 e. The van der Waals surface area contributed by atoms with Gasteiger partial charge in [0, 0.05) is 29.6 Å². The second-order valence-corrected chi connectivity index (χ2v) is 1.60. The van der Waals surface area contributed by atoms with Crippen LogP contribution in [-0.2, 0) is 16.2 Å². The molecule has 51 valence electrons. The normalized spacial score (nSPS) is 6.78. The van der Waals surface area contributed by atoms with Crippen molar-refractivity contribution in [3.63, 3.8) is 0 Å². The van der Waals surface area contributed by atoms with Crippen molar-refractivity contribution in [3.8, 4) is 0 Å². The quantitative estimate of drug-likeness (QED) is 0.386. The first-order chi connectivity index (χ1) is 3.46. The summed E-state index contributed by atoms with van der Waals surface area (Å²) in [6.07, 6.45) is 0. The number of rotatable bonds is 0. The molecule has 0 spiro atoms. The molecule has 0 aliphatic carbocycles. The maximum atomic E-state index is 9.44. The van der Waals surface area contributed by atoms with Crippen LogP contribution in [0, 0.1) is 0 Å². The number of carbonyl (C=O) groups is 1. The minimum Gasteiger partial charge on any atom is -0.300 e. The fraction of sp³-hybridized carbons (Fsp3) is 0.667. The standard InChI is InChI=1S/C3H6O.Na.H2O3S/c1-3(2)4;;1-4(2)3/h1-2H3;;(H2,1,2,3). The molecule has 0 amide bonds. The van der Waals surface area contributed by atoms with Crippen molar-refractivity contribution in [2.45, 2.75) is 13.8 Å². The van der Waals surface area contributed by atoms with E-state index >= 15 is 0 Å². The van der Waals surface area contributed by atoms with Crippen LogP contribution in [0.3, 0.4) is 0 Å². The van der Waals surface area contributed by atoms with Gasteiger partial charge in [0.2, 0.25) is 0 Å². The number of hydrogen-bond donors (Lipinski definition) is 2. The van der Waals surface area contributed by atoms with Gasteiger partial charge in [-0.15, -0.1) is 0 Å². The van der Waals surface area contributed by atoms with E-state index in [-0.39, 0.29) is 35.3 Å². The number of ketones is 1. The van der Waals surface area contributed by atoms with Crippen molar-refractivity contribution in [2.24, 2.45) is 0 Å². The summed E-state index contributed by atoms with van der Waals surface area (Å²) >= 11 is -2.61. The van der Waals surface area contributed by atoms with Gasteiger partial charge in [-0.25, -0.2) is 0 Å². The first-order valence-corrected chi connectivity index (χ1v) is 2.80. The summed E-state index contributed by atoms with van der Waals surface area (Å²) in [6, 6.07) is 0. The van der Waals surface area contributed by atoms with Crippen molar-refractivity contribution < 1.29 is 18.1 Å². The monoisotopic (exact) mass is 163 g/mol. The fourth-order valence-corrected chi connectivity index (χ4v) is 0. The Bertz CT molecular complexity index is 73.8. The molecule has 0 aliphatic rings. The van der Waals surface area contributed by atoms with Gasteiger partial charge in [0.15, 0.2) is 0 Å². The molecule has 0 fully saturated rings. The van der Waals surface area contributed by atoms with Gasteiger partial charge < -0.3 is 4.79 Å². The summed E-state index contributed by atoms with van der Waals surface area (Å²) in [5.74, 6) is 0.167. The second kappa shape index (κ2) is 11.5. The van der Waals surface area contributed by atoms with E-state index in [2.05, 4.69) is 0 Å². The molecule has 9 heavy (non-hydrogen) atoms. The molecule has 0 bridgehead atoms. The van der Waals surface area contributed by atoms with Gasteiger partial charge in [0.25, 0.3) is 11.4 Å². The van der Waals surface area contributed by atoms with Gasteiger partial charge in [0.1, 0.15) is 5.78 Å². The summed E-state index contributed by atoms with van der Waals surface area (Å²) in [7, 11) is 0. The molecule has 6 heteroatoms. The fourth-order valence-electron chi connectivity index (χ4n) is 0. The van der Waals surface area contributed by atoms with Gasteiger partial charge in [-0.1, -0.05) is 0 Å². The van der Waals surface area contributed by atoms with Crippen LogP contribution in [0.15, 0.2) is 0 Å². The first-order valence-electron chi connectivity index (χ1n) is 1.74. The van der Waals surface area contributed by atoms with E-state index in [0.29, 0.717) is 0 Å². The van der Waals surface area contributed by atoms with Crippen LogP contribution in [0.5, 0.6) is 0 Å². The van der Waals surface area contributed by atoms with Crippen molar-refractivity contribution in [1.29, 1.82) is 0 Å². The molecule has 4 nitrogen and oxygen atoms in total. The van der Waals surface area contributed by atoms with Crippen LogP contribution < -0.4 is 0 Å². The van der Waals surface area contributed by atoms with Crippen molar-refractivity contribution >= 4 is 46.7 Å². The average Bonchev–Trinajstić information content (AvgIpc) is 1.25. The zero-order valence-electron chi connectivity index (χ0n) is 5.62. The van der Waals surface area contributed by atoms with Crippen molar-refractivity contribution in [2.75, 3.05) is 0 Å². The summed E-state index contributed by atoms with van der Waals surface area (Å²) < 4.78 is 22.8. The zero-order chi connectivity index (χ0) is 7.15. The predicted molar refractivity (Wildman–Crippen MR) is 35.5 cm³/mol. The van der Waals surface area contributed by atoms with Crippen LogP contribution in [0.2, 0.25) is 0 Å². The Balaban J connectivity index is -0.0000000720. The Kier molecular flexibility index (Phi) is 21.0. The summed E-state index contributed by atoms with van der Waals surface area (Å²) in [5, 5.41) is 0. The molecule has 0 aliphatic heterocycles. The molecule has 0 aromatic rings. The molecule has 1 radical (unpaired) electrons. The molecule has 0 aromatic carbocycles. The molecule has 0 saturated heterocycles. The van der Waals surface area contributed by atoms with Crippen molar-refractivity contribution in [3.05, 3.63) is 0 Å². The van der Waals surface area contributed by atoms with E-state index in [1.54, 1.807) is 0 Å². The molecule has 0 unspecified atom stereocenters. The van der Waals surface area contributed by atoms with E-state index < -0.39 is 11.4 Å². The molecule has 0 saturated carbocycles. The van der Waals surface area contributed by atoms with Crippen LogP contribution >= 0.6 is 0 Å². The first kappa shape index (κ1) is 16.4. The van der Waals surface area contributed by atoms with Crippen LogP contribution in [0.4, 0.5) is 0 Å². The maximum absolute atomic E-state index is 9.44. The minimum atomic E-state index is -2.61. The van der Waals surface area contributed by atoms with E-state index in [0.717, 1.165) is 0 Å². The Morgan fingerprint density at radius 1 is 1.33 bits per heavy atom. The van der Waals surface area contributed by atoms with Gasteiger partial charge in [-0.05, 0) is 13.8 Å². The van der Waals surface area contributed by atoms with E-state index in [9.17, 15) is 4.79 Å². The van der Waals surface area contributed by atoms with Crippen molar-refractivity contribution in [1.82, 2.24) is 0 Å². The average molecular weight is 163 g/mol. The Morgan fingerprint density at radius 2 is 1.33 bits per heavy atom.